The second-order valence-corrected chi connectivity index (χ2v) is 10.3. The van der Waals surface area contributed by atoms with Gasteiger partial charge in [0.1, 0.15) is 16.1 Å². The average molecular weight is 531 g/mol. The molecule has 0 aliphatic carbocycles. The highest BCUT2D eigenvalue weighted by atomic mass is 35.5. The van der Waals surface area contributed by atoms with Crippen LogP contribution in [0.1, 0.15) is 34.3 Å². The van der Waals surface area contributed by atoms with E-state index in [1.165, 1.54) is 6.07 Å². The fourth-order valence-corrected chi connectivity index (χ4v) is 5.73. The number of halogens is 4. The molecule has 2 aliphatic rings. The van der Waals surface area contributed by atoms with Crippen molar-refractivity contribution in [3.05, 3.63) is 98.5 Å². The molecule has 5 rings (SSSR count). The molecule has 3 aromatic rings. The van der Waals surface area contributed by atoms with Crippen molar-refractivity contribution in [3.63, 3.8) is 0 Å². The van der Waals surface area contributed by atoms with Gasteiger partial charge in [0.25, 0.3) is 5.91 Å². The summed E-state index contributed by atoms with van der Waals surface area (Å²) < 4.78 is 13.9. The maximum Gasteiger partial charge on any atom is 0.258 e. The van der Waals surface area contributed by atoms with Crippen LogP contribution in [0.5, 0.6) is 0 Å². The van der Waals surface area contributed by atoms with Crippen molar-refractivity contribution in [3.8, 4) is 0 Å². The number of benzene rings is 2. The minimum atomic E-state index is -0.220. The van der Waals surface area contributed by atoms with Crippen LogP contribution in [0.2, 0.25) is 15.3 Å². The number of carbonyl (C=O) groups is 1. The van der Waals surface area contributed by atoms with Crippen molar-refractivity contribution in [1.29, 1.82) is 0 Å². The summed E-state index contributed by atoms with van der Waals surface area (Å²) in [5, 5.41) is 1.02. The summed E-state index contributed by atoms with van der Waals surface area (Å²) >= 11 is 18.5. The van der Waals surface area contributed by atoms with E-state index >= 15 is 0 Å². The van der Waals surface area contributed by atoms with Crippen molar-refractivity contribution >= 4 is 52.5 Å². The first kappa shape index (κ1) is 24.3. The number of likely N-dealkylation sites (tertiary alicyclic amines) is 1. The molecule has 0 atom stereocenters. The van der Waals surface area contributed by atoms with Crippen LogP contribution in [0.15, 0.2) is 60.7 Å². The number of nitrogens with zero attached hydrogens (tertiary/aromatic N) is 3. The third-order valence-electron chi connectivity index (χ3n) is 6.92. The third kappa shape index (κ3) is 4.96. The first-order chi connectivity index (χ1) is 16.8. The molecule has 1 aromatic heterocycles. The lowest BCUT2D eigenvalue weighted by atomic mass is 9.74. The number of piperidine rings is 1. The summed E-state index contributed by atoms with van der Waals surface area (Å²) in [6.45, 7) is 3.03. The normalized spacial score (nSPS) is 17.3. The van der Waals surface area contributed by atoms with Crippen molar-refractivity contribution in [2.75, 3.05) is 31.1 Å². The molecule has 0 N–H and O–H groups in total. The second kappa shape index (κ2) is 9.90. The number of pyridine rings is 1. The van der Waals surface area contributed by atoms with Gasteiger partial charge in [0.15, 0.2) is 0 Å². The minimum absolute atomic E-state index is 0.160. The van der Waals surface area contributed by atoms with Gasteiger partial charge in [0, 0.05) is 40.3 Å². The first-order valence-corrected chi connectivity index (χ1v) is 12.6. The summed E-state index contributed by atoms with van der Waals surface area (Å²) in [5.74, 6) is -0.380. The number of amides is 1. The van der Waals surface area contributed by atoms with Crippen LogP contribution in [0.4, 0.5) is 10.1 Å². The summed E-state index contributed by atoms with van der Waals surface area (Å²) in [6, 6.07) is 15.6. The largest absolute Gasteiger partial charge is 0.307 e. The summed E-state index contributed by atoms with van der Waals surface area (Å²) in [7, 11) is 0. The van der Waals surface area contributed by atoms with Crippen molar-refractivity contribution in [2.45, 2.75) is 18.3 Å². The molecule has 8 heteroatoms. The molecule has 0 unspecified atom stereocenters. The van der Waals surface area contributed by atoms with Crippen LogP contribution >= 0.6 is 34.8 Å². The Kier molecular flexibility index (Phi) is 6.86. The van der Waals surface area contributed by atoms with Gasteiger partial charge in [-0.25, -0.2) is 9.37 Å². The van der Waals surface area contributed by atoms with Crippen LogP contribution < -0.4 is 4.90 Å². The molecule has 1 amide bonds. The zero-order valence-electron chi connectivity index (χ0n) is 18.9. The van der Waals surface area contributed by atoms with Gasteiger partial charge in [-0.05, 0) is 67.9 Å². The fourth-order valence-electron chi connectivity index (χ4n) is 5.10. The molecule has 180 valence electrons. The zero-order valence-corrected chi connectivity index (χ0v) is 21.1. The second-order valence-electron chi connectivity index (χ2n) is 9.06. The van der Waals surface area contributed by atoms with Gasteiger partial charge in [0.2, 0.25) is 0 Å². The van der Waals surface area contributed by atoms with Gasteiger partial charge >= 0.3 is 0 Å². The molecule has 2 aromatic carbocycles. The molecule has 0 saturated carbocycles. The summed E-state index contributed by atoms with van der Waals surface area (Å²) in [4.78, 5) is 21.6. The maximum absolute atomic E-state index is 13.9. The van der Waals surface area contributed by atoms with Gasteiger partial charge in [-0.2, -0.15) is 0 Å². The average Bonchev–Trinajstić information content (AvgIpc) is 3.13. The Morgan fingerprint density at radius 1 is 1.03 bits per heavy atom. The summed E-state index contributed by atoms with van der Waals surface area (Å²) in [6.07, 6.45) is 5.60. The van der Waals surface area contributed by atoms with Crippen molar-refractivity contribution < 1.29 is 9.18 Å². The molecule has 1 saturated heterocycles. The Hall–Kier alpha value is -2.44. The Labute approximate surface area is 218 Å². The monoisotopic (exact) mass is 529 g/mol. The molecule has 35 heavy (non-hydrogen) atoms. The number of rotatable bonds is 4. The van der Waals surface area contributed by atoms with Crippen LogP contribution in [-0.2, 0) is 5.41 Å². The first-order valence-electron chi connectivity index (χ1n) is 11.4. The van der Waals surface area contributed by atoms with E-state index in [1.54, 1.807) is 29.2 Å². The van der Waals surface area contributed by atoms with Gasteiger partial charge in [0.05, 0.1) is 0 Å². The zero-order chi connectivity index (χ0) is 24.6. The molecule has 0 radical (unpaired) electrons. The van der Waals surface area contributed by atoms with Crippen molar-refractivity contribution in [1.82, 2.24) is 9.88 Å². The molecule has 4 nitrogen and oxygen atoms in total. The van der Waals surface area contributed by atoms with Crippen LogP contribution in [-0.4, -0.2) is 42.0 Å². The minimum Gasteiger partial charge on any atom is -0.307 e. The molecule has 1 spiro atoms. The van der Waals surface area contributed by atoms with E-state index in [0.29, 0.717) is 22.7 Å². The smallest absolute Gasteiger partial charge is 0.258 e. The number of fused-ring (bicyclic) bond motifs is 2. The predicted molar refractivity (Wildman–Crippen MR) is 140 cm³/mol. The molecule has 1 fully saturated rings. The Morgan fingerprint density at radius 3 is 2.46 bits per heavy atom. The summed E-state index contributed by atoms with van der Waals surface area (Å²) in [5.41, 5.74) is 2.79. The Morgan fingerprint density at radius 2 is 1.74 bits per heavy atom. The lowest BCUT2D eigenvalue weighted by Gasteiger charge is -2.39. The van der Waals surface area contributed by atoms with Crippen LogP contribution in [0.25, 0.3) is 6.08 Å². The Bertz CT molecular complexity index is 1280. The van der Waals surface area contributed by atoms with Crippen molar-refractivity contribution in [2.24, 2.45) is 0 Å². The van der Waals surface area contributed by atoms with Gasteiger partial charge in [-0.1, -0.05) is 65.2 Å². The number of anilines is 1. The SMILES string of the molecule is O=C(c1cc(Cl)nc(Cl)c1)N1CC2(CCN(C/C=C/c3ccccc3F)CC2)c2cc(Cl)ccc21. The van der Waals surface area contributed by atoms with Gasteiger partial charge in [-0.15, -0.1) is 0 Å². The van der Waals surface area contributed by atoms with E-state index in [-0.39, 0.29) is 27.4 Å². The molecular formula is C27H23Cl3FN3O. The number of hydrogen-bond donors (Lipinski definition) is 0. The molecule has 0 bridgehead atoms. The lowest BCUT2D eigenvalue weighted by molar-refractivity contribution is 0.0977. The third-order valence-corrected chi connectivity index (χ3v) is 7.54. The topological polar surface area (TPSA) is 36.4 Å². The van der Waals surface area contributed by atoms with Crippen LogP contribution in [0.3, 0.4) is 0 Å². The molecule has 3 heterocycles. The molecule has 2 aliphatic heterocycles. The lowest BCUT2D eigenvalue weighted by Crippen LogP contribution is -2.46. The standard InChI is InChI=1S/C27H23Cl3FN3O/c28-20-7-8-23-21(16-20)27(17-34(23)26(35)19-14-24(29)32-25(30)15-19)9-12-33(13-10-27)11-3-5-18-4-1-2-6-22(18)31/h1-8,14-16H,9-13,17H2/b5-3+. The maximum atomic E-state index is 13.9. The van der Waals surface area contributed by atoms with E-state index in [4.69, 9.17) is 34.8 Å². The van der Waals surface area contributed by atoms with Gasteiger partial charge in [-0.3, -0.25) is 9.69 Å². The number of carbonyl (C=O) groups excluding carboxylic acids is 1. The van der Waals surface area contributed by atoms with E-state index in [9.17, 15) is 9.18 Å². The highest BCUT2D eigenvalue weighted by Crippen LogP contribution is 2.48. The highest BCUT2D eigenvalue weighted by Gasteiger charge is 2.46. The van der Waals surface area contributed by atoms with E-state index in [0.717, 1.165) is 43.7 Å². The van der Waals surface area contributed by atoms with Crippen LogP contribution in [0, 0.1) is 5.82 Å². The van der Waals surface area contributed by atoms with E-state index in [1.807, 2.05) is 36.4 Å². The highest BCUT2D eigenvalue weighted by molar-refractivity contribution is 6.33. The van der Waals surface area contributed by atoms with E-state index < -0.39 is 0 Å². The predicted octanol–water partition coefficient (Wildman–Crippen LogP) is 6.89. The fraction of sp³-hybridized carbons (Fsp3) is 0.259. The number of aromatic nitrogens is 1. The molecular weight excluding hydrogens is 508 g/mol. The Balaban J connectivity index is 1.34. The van der Waals surface area contributed by atoms with Gasteiger partial charge < -0.3 is 4.90 Å². The quantitative estimate of drug-likeness (QED) is 0.345. The number of hydrogen-bond acceptors (Lipinski definition) is 3. The van der Waals surface area contributed by atoms with E-state index in [2.05, 4.69) is 9.88 Å².